The first kappa shape index (κ1) is 22.9. The minimum absolute atomic E-state index is 0.123. The van der Waals surface area contributed by atoms with E-state index in [0.717, 1.165) is 20.8 Å². The predicted molar refractivity (Wildman–Crippen MR) is 127 cm³/mol. The van der Waals surface area contributed by atoms with Crippen LogP contribution in [0.3, 0.4) is 0 Å². The molecule has 3 aromatic rings. The molecule has 0 radical (unpaired) electrons. The molecule has 0 spiro atoms. The van der Waals surface area contributed by atoms with E-state index >= 15 is 0 Å². The quantitative estimate of drug-likeness (QED) is 0.512. The van der Waals surface area contributed by atoms with E-state index in [4.69, 9.17) is 11.6 Å². The molecule has 0 saturated heterocycles. The summed E-state index contributed by atoms with van der Waals surface area (Å²) in [5, 5.41) is 6.51. The van der Waals surface area contributed by atoms with Gasteiger partial charge in [-0.05, 0) is 36.4 Å². The van der Waals surface area contributed by atoms with Gasteiger partial charge in [0.05, 0.1) is 28.4 Å². The molecule has 0 fully saturated rings. The number of aryl methyl sites for hydroxylation is 1. The SMILES string of the molecule is C=CCN1C(C(=O)Nc2ccc(F)c(Cl)c2)=CC(c2ccc(-c3cnn(C)c3)s2)=NS1(=O)=O. The van der Waals surface area contributed by atoms with Gasteiger partial charge >= 0.3 is 10.2 Å². The van der Waals surface area contributed by atoms with Crippen LogP contribution in [0.15, 0.2) is 71.6 Å². The van der Waals surface area contributed by atoms with E-state index < -0.39 is 21.9 Å². The maximum atomic E-state index is 13.4. The van der Waals surface area contributed by atoms with Crippen molar-refractivity contribution in [3.8, 4) is 10.4 Å². The maximum Gasteiger partial charge on any atom is 0.345 e. The summed E-state index contributed by atoms with van der Waals surface area (Å²) in [6.07, 6.45) is 6.27. The van der Waals surface area contributed by atoms with Crippen LogP contribution >= 0.6 is 22.9 Å². The van der Waals surface area contributed by atoms with Crippen LogP contribution in [0.1, 0.15) is 4.88 Å². The summed E-state index contributed by atoms with van der Waals surface area (Å²) in [6, 6.07) is 7.22. The zero-order valence-corrected chi connectivity index (χ0v) is 19.6. The average molecular weight is 506 g/mol. The summed E-state index contributed by atoms with van der Waals surface area (Å²) in [6.45, 7) is 3.40. The molecule has 1 N–H and O–H groups in total. The number of hydrogen-bond donors (Lipinski definition) is 1. The van der Waals surface area contributed by atoms with Gasteiger partial charge in [-0.2, -0.15) is 13.5 Å². The lowest BCUT2D eigenvalue weighted by atomic mass is 10.2. The van der Waals surface area contributed by atoms with Gasteiger partial charge in [0, 0.05) is 29.4 Å². The average Bonchev–Trinajstić information content (AvgIpc) is 3.41. The van der Waals surface area contributed by atoms with Crippen LogP contribution in [0, 0.1) is 5.82 Å². The lowest BCUT2D eigenvalue weighted by molar-refractivity contribution is -0.113. The van der Waals surface area contributed by atoms with Crippen molar-refractivity contribution in [2.24, 2.45) is 11.4 Å². The van der Waals surface area contributed by atoms with Gasteiger partial charge in [-0.25, -0.2) is 8.70 Å². The molecule has 1 amide bonds. The molecular weight excluding hydrogens is 489 g/mol. The standard InChI is InChI=1S/C21H17ClFN5O3S2/c1-3-8-28-18(21(29)25-14-4-5-16(23)15(22)9-14)10-17(26-33(28,30)31)20-7-6-19(32-20)13-11-24-27(2)12-13/h3-7,9-12H,1,8H2,2H3,(H,25,29). The number of aromatic nitrogens is 2. The number of hydrogen-bond acceptors (Lipinski definition) is 5. The van der Waals surface area contributed by atoms with E-state index in [1.165, 1.54) is 35.6 Å². The first-order valence-electron chi connectivity index (χ1n) is 9.49. The van der Waals surface area contributed by atoms with Crippen LogP contribution in [0.5, 0.6) is 0 Å². The lowest BCUT2D eigenvalue weighted by Gasteiger charge is -2.26. The van der Waals surface area contributed by atoms with Crippen LogP contribution in [0.4, 0.5) is 10.1 Å². The molecule has 8 nitrogen and oxygen atoms in total. The summed E-state index contributed by atoms with van der Waals surface area (Å²) in [5.41, 5.74) is 1.05. The number of allylic oxidation sites excluding steroid dienone is 1. The molecule has 4 rings (SSSR count). The molecule has 0 unspecified atom stereocenters. The van der Waals surface area contributed by atoms with E-state index in [0.29, 0.717) is 4.88 Å². The van der Waals surface area contributed by atoms with Gasteiger partial charge in [0.1, 0.15) is 11.5 Å². The zero-order valence-electron chi connectivity index (χ0n) is 17.2. The number of carbonyl (C=O) groups is 1. The first-order valence-corrected chi connectivity index (χ1v) is 12.1. The smallest absolute Gasteiger partial charge is 0.321 e. The van der Waals surface area contributed by atoms with E-state index in [2.05, 4.69) is 21.4 Å². The second-order valence-corrected chi connectivity index (χ2v) is 9.96. The first-order chi connectivity index (χ1) is 15.7. The molecule has 0 bridgehead atoms. The van der Waals surface area contributed by atoms with Crippen molar-refractivity contribution >= 4 is 50.5 Å². The highest BCUT2D eigenvalue weighted by Crippen LogP contribution is 2.31. The van der Waals surface area contributed by atoms with Crippen molar-refractivity contribution < 1.29 is 17.6 Å². The lowest BCUT2D eigenvalue weighted by Crippen LogP contribution is -2.38. The predicted octanol–water partition coefficient (Wildman–Crippen LogP) is 4.00. The number of nitrogens with zero attached hydrogens (tertiary/aromatic N) is 4. The summed E-state index contributed by atoms with van der Waals surface area (Å²) < 4.78 is 45.6. The molecule has 0 aliphatic carbocycles. The topological polar surface area (TPSA) is 96.7 Å². The number of benzene rings is 1. The third-order valence-corrected chi connectivity index (χ3v) is 7.36. The molecule has 0 saturated carbocycles. The van der Waals surface area contributed by atoms with Gasteiger partial charge in [0.15, 0.2) is 0 Å². The monoisotopic (exact) mass is 505 g/mol. The minimum atomic E-state index is -4.21. The number of thiophene rings is 1. The van der Waals surface area contributed by atoms with Gasteiger partial charge < -0.3 is 5.32 Å². The second kappa shape index (κ2) is 8.93. The van der Waals surface area contributed by atoms with Gasteiger partial charge in [-0.15, -0.1) is 22.3 Å². The third-order valence-electron chi connectivity index (χ3n) is 4.59. The number of carbonyl (C=O) groups excluding carboxylic acids is 1. The summed E-state index contributed by atoms with van der Waals surface area (Å²) in [4.78, 5) is 14.5. The number of nitrogens with one attached hydrogen (secondary N) is 1. The molecule has 1 aromatic carbocycles. The Bertz CT molecular complexity index is 1430. The number of rotatable bonds is 6. The Hall–Kier alpha value is -3.28. The highest BCUT2D eigenvalue weighted by atomic mass is 35.5. The Morgan fingerprint density at radius 2 is 2.06 bits per heavy atom. The fourth-order valence-corrected chi connectivity index (χ4v) is 5.43. The fraction of sp³-hybridized carbons (Fsp3) is 0.0952. The van der Waals surface area contributed by atoms with Gasteiger partial charge in [0.2, 0.25) is 0 Å². The molecule has 2 aromatic heterocycles. The van der Waals surface area contributed by atoms with E-state index in [9.17, 15) is 17.6 Å². The highest BCUT2D eigenvalue weighted by molar-refractivity contribution is 7.88. The molecule has 12 heteroatoms. The molecule has 170 valence electrons. The van der Waals surface area contributed by atoms with Crippen molar-refractivity contribution in [2.75, 3.05) is 11.9 Å². The van der Waals surface area contributed by atoms with Crippen molar-refractivity contribution in [1.29, 1.82) is 0 Å². The Labute approximate surface area is 198 Å². The zero-order chi connectivity index (χ0) is 23.8. The third kappa shape index (κ3) is 4.75. The number of anilines is 1. The molecule has 3 heterocycles. The highest BCUT2D eigenvalue weighted by Gasteiger charge is 2.32. The van der Waals surface area contributed by atoms with E-state index in [1.807, 2.05) is 12.3 Å². The van der Waals surface area contributed by atoms with Crippen molar-refractivity contribution in [3.05, 3.63) is 82.9 Å². The largest absolute Gasteiger partial charge is 0.345 e. The van der Waals surface area contributed by atoms with E-state index in [1.54, 1.807) is 24.0 Å². The van der Waals surface area contributed by atoms with Crippen molar-refractivity contribution in [3.63, 3.8) is 0 Å². The van der Waals surface area contributed by atoms with Crippen LogP contribution in [0.2, 0.25) is 5.02 Å². The molecule has 1 aliphatic rings. The van der Waals surface area contributed by atoms with Crippen molar-refractivity contribution in [1.82, 2.24) is 14.1 Å². The maximum absolute atomic E-state index is 13.4. The van der Waals surface area contributed by atoms with Crippen LogP contribution < -0.4 is 5.32 Å². The molecular formula is C21H17ClFN5O3S2. The van der Waals surface area contributed by atoms with Gasteiger partial charge in [-0.3, -0.25) is 9.48 Å². The Morgan fingerprint density at radius 3 is 2.73 bits per heavy atom. The number of amides is 1. The Balaban J connectivity index is 1.71. The van der Waals surface area contributed by atoms with Crippen LogP contribution in [-0.2, 0) is 22.1 Å². The Morgan fingerprint density at radius 1 is 1.30 bits per heavy atom. The molecule has 1 aliphatic heterocycles. The fourth-order valence-electron chi connectivity index (χ4n) is 3.08. The van der Waals surface area contributed by atoms with Gasteiger partial charge in [0.25, 0.3) is 5.91 Å². The van der Waals surface area contributed by atoms with E-state index in [-0.39, 0.29) is 28.7 Å². The molecule has 0 atom stereocenters. The van der Waals surface area contributed by atoms with Crippen LogP contribution in [-0.4, -0.2) is 40.7 Å². The van der Waals surface area contributed by atoms with Crippen LogP contribution in [0.25, 0.3) is 10.4 Å². The normalized spacial score (nSPS) is 15.1. The summed E-state index contributed by atoms with van der Waals surface area (Å²) in [5.74, 6) is -1.36. The molecule has 33 heavy (non-hydrogen) atoms. The number of halogens is 2. The Kier molecular flexibility index (Phi) is 6.19. The summed E-state index contributed by atoms with van der Waals surface area (Å²) >= 11 is 7.10. The summed E-state index contributed by atoms with van der Waals surface area (Å²) in [7, 11) is -2.41. The van der Waals surface area contributed by atoms with Crippen molar-refractivity contribution in [2.45, 2.75) is 0 Å². The second-order valence-electron chi connectivity index (χ2n) is 6.95. The minimum Gasteiger partial charge on any atom is -0.321 e. The van der Waals surface area contributed by atoms with Gasteiger partial charge in [-0.1, -0.05) is 17.7 Å².